The first kappa shape index (κ1) is 51.6. The van der Waals surface area contributed by atoms with Gasteiger partial charge < -0.3 is 35.4 Å². The lowest BCUT2D eigenvalue weighted by Gasteiger charge is -2.24. The van der Waals surface area contributed by atoms with Crippen LogP contribution in [0.3, 0.4) is 0 Å². The maximum absolute atomic E-state index is 14.0. The monoisotopic (exact) mass is 1040 g/mol. The van der Waals surface area contributed by atoms with Crippen molar-refractivity contribution in [3.8, 4) is 56.2 Å². The molecule has 0 spiro atoms. The van der Waals surface area contributed by atoms with E-state index in [0.717, 1.165) is 11.3 Å². The molecule has 0 saturated heterocycles. The molecule has 6 amide bonds. The summed E-state index contributed by atoms with van der Waals surface area (Å²) in [6.07, 6.45) is 0. The van der Waals surface area contributed by atoms with E-state index in [-0.39, 0.29) is 38.9 Å². The smallest absolute Gasteiger partial charge is 0.255 e. The zero-order valence-corrected chi connectivity index (χ0v) is 42.9. The van der Waals surface area contributed by atoms with Crippen LogP contribution in [-0.4, -0.2) is 72.6 Å². The van der Waals surface area contributed by atoms with Gasteiger partial charge in [0.05, 0.1) is 16.8 Å². The van der Waals surface area contributed by atoms with Crippen molar-refractivity contribution in [1.29, 1.82) is 0 Å². The highest BCUT2D eigenvalue weighted by Crippen LogP contribution is 2.39. The Morgan fingerprint density at radius 2 is 0.947 bits per heavy atom. The third-order valence-corrected chi connectivity index (χ3v) is 13.5. The number of amides is 6. The first-order valence-corrected chi connectivity index (χ1v) is 24.6. The number of nitrogens with one attached hydrogen (secondary N) is 6. The fraction of sp³-hybridized carbons (Fsp3) is 0.155. The lowest BCUT2D eigenvalue weighted by atomic mass is 9.95. The van der Waals surface area contributed by atoms with Crippen molar-refractivity contribution in [1.82, 2.24) is 31.6 Å². The van der Waals surface area contributed by atoms with Crippen LogP contribution in [0.25, 0.3) is 78.1 Å². The molecule has 3 aromatic heterocycles. The summed E-state index contributed by atoms with van der Waals surface area (Å²) in [5.41, 5.74) is 3.28. The van der Waals surface area contributed by atoms with Crippen LogP contribution >= 0.6 is 11.3 Å². The number of fused-ring (bicyclic) bond motifs is 2. The molecule has 76 heavy (non-hydrogen) atoms. The van der Waals surface area contributed by atoms with Crippen LogP contribution < -0.4 is 31.9 Å². The number of carbonyl (C=O) groups excluding carboxylic acids is 6. The number of nitrogens with zero attached hydrogens (tertiary/aromatic N) is 1. The Morgan fingerprint density at radius 3 is 1.47 bits per heavy atom. The van der Waals surface area contributed by atoms with Crippen molar-refractivity contribution in [2.75, 3.05) is 26.5 Å². The van der Waals surface area contributed by atoms with Crippen LogP contribution in [0.5, 0.6) is 0 Å². The number of carbonyl (C=O) groups is 6. The molecule has 0 fully saturated rings. The van der Waals surface area contributed by atoms with E-state index in [2.05, 4.69) is 31.9 Å². The van der Waals surface area contributed by atoms with Crippen molar-refractivity contribution in [3.05, 3.63) is 167 Å². The molecule has 15 nitrogen and oxygen atoms in total. The summed E-state index contributed by atoms with van der Waals surface area (Å²) in [4.78, 5) is 85.9. The predicted octanol–water partition coefficient (Wildman–Crippen LogP) is 10.4. The summed E-state index contributed by atoms with van der Waals surface area (Å²) in [5, 5.41) is 19.2. The van der Waals surface area contributed by atoms with Gasteiger partial charge in [-0.05, 0) is 153 Å². The highest BCUT2D eigenvalue weighted by Gasteiger charge is 2.32. The molecule has 0 atom stereocenters. The molecule has 0 bridgehead atoms. The van der Waals surface area contributed by atoms with Crippen molar-refractivity contribution >= 4 is 73.8 Å². The topological polar surface area (TPSA) is 214 Å². The quantitative estimate of drug-likeness (QED) is 0.0610. The SMILES string of the molecule is CNC(=O)c1c(-c2ccc(F)cc2)oc2ccc(-c3cccc(C(=O)NC(C)(C)C(=O)Nc4nc(-c5cc(C(=O)NC(C)(C)C(=O)NC)cc(-c6ccc7oc(-c8ccc(F)cc8)c(C(=O)NC)c7c6)c5)cs4)c3)cc12. The van der Waals surface area contributed by atoms with E-state index in [0.29, 0.717) is 66.6 Å². The van der Waals surface area contributed by atoms with Gasteiger partial charge in [0, 0.05) is 65.1 Å². The zero-order valence-electron chi connectivity index (χ0n) is 42.1. The van der Waals surface area contributed by atoms with Gasteiger partial charge in [0.25, 0.3) is 29.5 Å². The zero-order chi connectivity index (χ0) is 54.2. The van der Waals surface area contributed by atoms with Crippen molar-refractivity contribution in [2.45, 2.75) is 38.8 Å². The number of hydrogen-bond donors (Lipinski definition) is 6. The summed E-state index contributed by atoms with van der Waals surface area (Å²) >= 11 is 1.12. The number of likely N-dealkylation sites (N-methyl/N-ethyl adjacent to an activating group) is 1. The Balaban J connectivity index is 0.977. The molecule has 6 aromatic carbocycles. The number of hydrogen-bond acceptors (Lipinski definition) is 10. The highest BCUT2D eigenvalue weighted by atomic mass is 32.1. The average Bonchev–Trinajstić information content (AvgIpc) is 4.16. The highest BCUT2D eigenvalue weighted by molar-refractivity contribution is 7.14. The molecule has 9 rings (SSSR count). The summed E-state index contributed by atoms with van der Waals surface area (Å²) in [6.45, 7) is 6.24. The number of benzene rings is 6. The van der Waals surface area contributed by atoms with Gasteiger partial charge in [0.2, 0.25) is 5.91 Å². The van der Waals surface area contributed by atoms with Gasteiger partial charge in [-0.3, -0.25) is 34.1 Å². The van der Waals surface area contributed by atoms with Crippen molar-refractivity contribution < 1.29 is 46.4 Å². The Bertz CT molecular complexity index is 3800. The lowest BCUT2D eigenvalue weighted by Crippen LogP contribution is -2.53. The molecule has 0 saturated carbocycles. The van der Waals surface area contributed by atoms with Gasteiger partial charge in [-0.2, -0.15) is 0 Å². The number of furan rings is 2. The second-order valence-electron chi connectivity index (χ2n) is 18.8. The van der Waals surface area contributed by atoms with E-state index in [1.165, 1.54) is 69.7 Å². The molecule has 0 aliphatic heterocycles. The fourth-order valence-electron chi connectivity index (χ4n) is 8.63. The first-order valence-electron chi connectivity index (χ1n) is 23.8. The Labute approximate surface area is 438 Å². The molecule has 0 aliphatic carbocycles. The number of halogens is 2. The molecule has 9 aromatic rings. The standard InChI is InChI=1S/C58H49F2N7O8S/c1-57(2,54(72)63-7)67-51(69)38-25-36(34-16-22-45-42(28-34)47(53(71)62-6)49(75-45)31-13-19-40(60)20-14-31)24-37(26-38)43-29-76-56(64-43)65-55(73)58(3,4)66-50(68)35-10-8-9-32(23-35)33-15-21-44-41(27-33)46(52(70)61-5)48(74-44)30-11-17-39(59)18-12-30/h8-29H,1-7H3,(H,61,70)(H,62,71)(H,63,72)(H,66,68)(H,67,69)(H,64,65,73). The minimum Gasteiger partial charge on any atom is -0.455 e. The van der Waals surface area contributed by atoms with Crippen LogP contribution in [0.4, 0.5) is 13.9 Å². The van der Waals surface area contributed by atoms with Crippen LogP contribution in [-0.2, 0) is 9.59 Å². The molecule has 3 heterocycles. The number of anilines is 1. The largest absolute Gasteiger partial charge is 0.455 e. The average molecular weight is 1040 g/mol. The summed E-state index contributed by atoms with van der Waals surface area (Å²) in [7, 11) is 4.46. The van der Waals surface area contributed by atoms with E-state index in [1.54, 1.807) is 112 Å². The van der Waals surface area contributed by atoms with Gasteiger partial charge in [0.1, 0.15) is 45.4 Å². The minimum atomic E-state index is -1.47. The van der Waals surface area contributed by atoms with Gasteiger partial charge in [-0.1, -0.05) is 24.3 Å². The maximum Gasteiger partial charge on any atom is 0.255 e. The van der Waals surface area contributed by atoms with Gasteiger partial charge in [-0.25, -0.2) is 13.8 Å². The fourth-order valence-corrected chi connectivity index (χ4v) is 9.35. The molecule has 0 aliphatic rings. The molecular formula is C58H49F2N7O8S. The summed E-state index contributed by atoms with van der Waals surface area (Å²) in [5.74, 6) is -3.30. The summed E-state index contributed by atoms with van der Waals surface area (Å²) < 4.78 is 40.0. The third kappa shape index (κ3) is 10.3. The van der Waals surface area contributed by atoms with Crippen molar-refractivity contribution in [2.24, 2.45) is 0 Å². The van der Waals surface area contributed by atoms with Crippen LogP contribution in [0.2, 0.25) is 0 Å². The predicted molar refractivity (Wildman–Crippen MR) is 288 cm³/mol. The molecule has 0 radical (unpaired) electrons. The first-order chi connectivity index (χ1) is 36.3. The number of rotatable bonds is 14. The second kappa shape index (κ2) is 20.6. The maximum atomic E-state index is 14.0. The van der Waals surface area contributed by atoms with Gasteiger partial charge in [-0.15, -0.1) is 11.3 Å². The Morgan fingerprint density at radius 1 is 0.487 bits per heavy atom. The molecule has 6 N–H and O–H groups in total. The number of aromatic nitrogens is 1. The number of thiazole rings is 1. The van der Waals surface area contributed by atoms with Crippen LogP contribution in [0.1, 0.15) is 69.1 Å². The molecule has 18 heteroatoms. The van der Waals surface area contributed by atoms with Gasteiger partial charge >= 0.3 is 0 Å². The molecular weight excluding hydrogens is 993 g/mol. The molecule has 384 valence electrons. The van der Waals surface area contributed by atoms with E-state index in [4.69, 9.17) is 13.8 Å². The lowest BCUT2D eigenvalue weighted by molar-refractivity contribution is -0.125. The second-order valence-corrected chi connectivity index (χ2v) is 19.7. The van der Waals surface area contributed by atoms with Gasteiger partial charge in [0.15, 0.2) is 5.13 Å². The van der Waals surface area contributed by atoms with Crippen LogP contribution in [0.15, 0.2) is 142 Å². The summed E-state index contributed by atoms with van der Waals surface area (Å²) in [6, 6.07) is 33.5. The van der Waals surface area contributed by atoms with E-state index >= 15 is 0 Å². The third-order valence-electron chi connectivity index (χ3n) is 12.7. The van der Waals surface area contributed by atoms with E-state index in [1.807, 2.05) is 0 Å². The Kier molecular flexibility index (Phi) is 14.0. The molecule has 0 unspecified atom stereocenters. The van der Waals surface area contributed by atoms with Crippen LogP contribution in [0, 0.1) is 11.6 Å². The van der Waals surface area contributed by atoms with Crippen molar-refractivity contribution in [3.63, 3.8) is 0 Å². The Hall–Kier alpha value is -9.29. The minimum absolute atomic E-state index is 0.175. The van der Waals surface area contributed by atoms with E-state index < -0.39 is 58.2 Å². The van der Waals surface area contributed by atoms with E-state index in [9.17, 15) is 37.5 Å². The normalized spacial score (nSPS) is 11.5.